The first-order chi connectivity index (χ1) is 13.3. The highest BCUT2D eigenvalue weighted by atomic mass is 32.1. The molecule has 1 aromatic carbocycles. The Balaban J connectivity index is 1.24. The fourth-order valence-electron chi connectivity index (χ4n) is 3.60. The van der Waals surface area contributed by atoms with Gasteiger partial charge in [-0.05, 0) is 69.0 Å². The van der Waals surface area contributed by atoms with E-state index in [1.807, 2.05) is 5.38 Å². The predicted octanol–water partition coefficient (Wildman–Crippen LogP) is 5.81. The monoisotopic (exact) mass is 390 g/mol. The second-order valence-corrected chi connectivity index (χ2v) is 8.33. The molecule has 5 heteroatoms. The summed E-state index contributed by atoms with van der Waals surface area (Å²) in [6.45, 7) is 3.79. The van der Waals surface area contributed by atoms with Crippen LogP contribution in [0.1, 0.15) is 57.1 Å². The lowest BCUT2D eigenvalue weighted by Crippen LogP contribution is -2.20. The van der Waals surface area contributed by atoms with Crippen LogP contribution in [0.2, 0.25) is 0 Å². The van der Waals surface area contributed by atoms with E-state index in [-0.39, 0.29) is 5.82 Å². The van der Waals surface area contributed by atoms with Crippen LogP contribution < -0.4 is 5.32 Å². The van der Waals surface area contributed by atoms with E-state index in [0.717, 1.165) is 35.2 Å². The van der Waals surface area contributed by atoms with Gasteiger partial charge in [0.1, 0.15) is 10.8 Å². The smallest absolute Gasteiger partial charge is 0.123 e. The molecular weight excluding hydrogens is 359 g/mol. The summed E-state index contributed by atoms with van der Waals surface area (Å²) in [5, 5.41) is 6.50. The molecule has 1 N–H and O–H groups in total. The first kappa shape index (κ1) is 20.4. The predicted molar refractivity (Wildman–Crippen MR) is 110 cm³/mol. The summed E-state index contributed by atoms with van der Waals surface area (Å²) in [5.41, 5.74) is 1.91. The number of thiazole rings is 1. The van der Waals surface area contributed by atoms with Gasteiger partial charge in [0.2, 0.25) is 0 Å². The summed E-state index contributed by atoms with van der Waals surface area (Å²) in [4.78, 5) is 4.58. The fourth-order valence-corrected chi connectivity index (χ4v) is 4.41. The highest BCUT2D eigenvalue weighted by molar-refractivity contribution is 7.13. The van der Waals surface area contributed by atoms with Crippen molar-refractivity contribution in [2.75, 3.05) is 19.7 Å². The van der Waals surface area contributed by atoms with Crippen LogP contribution in [0.4, 0.5) is 4.39 Å². The van der Waals surface area contributed by atoms with Gasteiger partial charge in [-0.15, -0.1) is 11.3 Å². The average molecular weight is 391 g/mol. The van der Waals surface area contributed by atoms with Gasteiger partial charge in [0.05, 0.1) is 12.3 Å². The molecule has 2 aromatic rings. The van der Waals surface area contributed by atoms with Crippen molar-refractivity contribution >= 4 is 11.3 Å². The molecule has 3 rings (SSSR count). The number of nitrogens with zero attached hydrogens (tertiary/aromatic N) is 1. The summed E-state index contributed by atoms with van der Waals surface area (Å²) in [7, 11) is 0. The molecule has 3 nitrogen and oxygen atoms in total. The highest BCUT2D eigenvalue weighted by Gasteiger charge is 2.11. The van der Waals surface area contributed by atoms with Crippen molar-refractivity contribution in [3.63, 3.8) is 0 Å². The summed E-state index contributed by atoms with van der Waals surface area (Å²) < 4.78 is 18.8. The first-order valence-corrected chi connectivity index (χ1v) is 11.2. The SMILES string of the molecule is Fc1ccc(-c2nc(COCCCCCCC3CCCCNC3)cs2)cc1. The average Bonchev–Trinajstić information content (AvgIpc) is 3.00. The van der Waals surface area contributed by atoms with Gasteiger partial charge >= 0.3 is 0 Å². The van der Waals surface area contributed by atoms with E-state index in [1.165, 1.54) is 70.2 Å². The Morgan fingerprint density at radius 3 is 2.85 bits per heavy atom. The van der Waals surface area contributed by atoms with Gasteiger partial charge in [0, 0.05) is 17.6 Å². The van der Waals surface area contributed by atoms with Gasteiger partial charge in [0.15, 0.2) is 0 Å². The molecule has 0 radical (unpaired) electrons. The number of halogens is 1. The number of aromatic nitrogens is 1. The van der Waals surface area contributed by atoms with Crippen LogP contribution in [0.5, 0.6) is 0 Å². The van der Waals surface area contributed by atoms with Gasteiger partial charge in [-0.2, -0.15) is 0 Å². The molecule has 1 aromatic heterocycles. The largest absolute Gasteiger partial charge is 0.375 e. The van der Waals surface area contributed by atoms with E-state index in [4.69, 9.17) is 4.74 Å². The van der Waals surface area contributed by atoms with Gasteiger partial charge in [-0.1, -0.05) is 25.7 Å². The fraction of sp³-hybridized carbons (Fsp3) is 0.591. The van der Waals surface area contributed by atoms with Gasteiger partial charge < -0.3 is 10.1 Å². The minimum atomic E-state index is -0.218. The van der Waals surface area contributed by atoms with Crippen molar-refractivity contribution in [2.24, 2.45) is 5.92 Å². The third kappa shape index (κ3) is 7.32. The van der Waals surface area contributed by atoms with Crippen LogP contribution >= 0.6 is 11.3 Å². The third-order valence-corrected chi connectivity index (χ3v) is 6.13. The summed E-state index contributed by atoms with van der Waals surface area (Å²) in [5.74, 6) is 0.675. The number of benzene rings is 1. The zero-order valence-electron chi connectivity index (χ0n) is 16.1. The van der Waals surface area contributed by atoms with Gasteiger partial charge in [-0.25, -0.2) is 9.37 Å². The van der Waals surface area contributed by atoms with Crippen molar-refractivity contribution in [2.45, 2.75) is 58.0 Å². The molecule has 0 aliphatic carbocycles. The van der Waals surface area contributed by atoms with Crippen molar-refractivity contribution in [1.82, 2.24) is 10.3 Å². The Hall–Kier alpha value is -1.30. The van der Waals surface area contributed by atoms with E-state index in [2.05, 4.69) is 10.3 Å². The van der Waals surface area contributed by atoms with Gasteiger partial charge in [-0.3, -0.25) is 0 Å². The number of hydrogen-bond acceptors (Lipinski definition) is 4. The maximum atomic E-state index is 13.0. The number of rotatable bonds is 10. The molecule has 2 heterocycles. The molecule has 0 bridgehead atoms. The first-order valence-electron chi connectivity index (χ1n) is 10.3. The van der Waals surface area contributed by atoms with Crippen LogP contribution in [-0.2, 0) is 11.3 Å². The maximum Gasteiger partial charge on any atom is 0.123 e. The molecule has 0 saturated carbocycles. The quantitative estimate of drug-likeness (QED) is 0.520. The van der Waals surface area contributed by atoms with E-state index >= 15 is 0 Å². The highest BCUT2D eigenvalue weighted by Crippen LogP contribution is 2.24. The van der Waals surface area contributed by atoms with Crippen LogP contribution in [-0.4, -0.2) is 24.7 Å². The molecule has 0 spiro atoms. The molecular formula is C22H31FN2OS. The Morgan fingerprint density at radius 2 is 1.96 bits per heavy atom. The molecule has 1 fully saturated rings. The van der Waals surface area contributed by atoms with Crippen molar-refractivity contribution < 1.29 is 9.13 Å². The zero-order chi connectivity index (χ0) is 18.7. The molecule has 1 unspecified atom stereocenters. The van der Waals surface area contributed by atoms with Crippen molar-refractivity contribution in [3.8, 4) is 10.6 Å². The topological polar surface area (TPSA) is 34.1 Å². The second-order valence-electron chi connectivity index (χ2n) is 7.47. The second kappa shape index (κ2) is 11.5. The van der Waals surface area contributed by atoms with Crippen LogP contribution in [0, 0.1) is 11.7 Å². The Morgan fingerprint density at radius 1 is 1.11 bits per heavy atom. The standard InChI is InChI=1S/C22H31FN2OS/c23-20-11-9-19(10-12-20)22-25-21(17-27-22)16-26-14-6-2-1-3-7-18-8-4-5-13-24-15-18/h9-12,17-18,24H,1-8,13-16H2. The number of unbranched alkanes of at least 4 members (excludes halogenated alkanes) is 3. The van der Waals surface area contributed by atoms with E-state index in [9.17, 15) is 4.39 Å². The molecule has 0 amide bonds. The minimum absolute atomic E-state index is 0.218. The van der Waals surface area contributed by atoms with Gasteiger partial charge in [0.25, 0.3) is 0 Å². The summed E-state index contributed by atoms with van der Waals surface area (Å²) in [6, 6.07) is 6.48. The third-order valence-electron chi connectivity index (χ3n) is 5.19. The van der Waals surface area contributed by atoms with Crippen molar-refractivity contribution in [3.05, 3.63) is 41.2 Å². The molecule has 148 valence electrons. The Kier molecular flexibility index (Phi) is 8.72. The molecule has 1 aliphatic rings. The van der Waals surface area contributed by atoms with Crippen molar-refractivity contribution in [1.29, 1.82) is 0 Å². The van der Waals surface area contributed by atoms with E-state index < -0.39 is 0 Å². The Bertz CT molecular complexity index is 651. The minimum Gasteiger partial charge on any atom is -0.375 e. The summed E-state index contributed by atoms with van der Waals surface area (Å²) in [6.07, 6.45) is 10.5. The number of hydrogen-bond donors (Lipinski definition) is 1. The van der Waals surface area contributed by atoms with Crippen LogP contribution in [0.3, 0.4) is 0 Å². The lowest BCUT2D eigenvalue weighted by molar-refractivity contribution is 0.114. The maximum absolute atomic E-state index is 13.0. The summed E-state index contributed by atoms with van der Waals surface area (Å²) >= 11 is 1.58. The number of ether oxygens (including phenoxy) is 1. The molecule has 27 heavy (non-hydrogen) atoms. The van der Waals surface area contributed by atoms with Crippen LogP contribution in [0.25, 0.3) is 10.6 Å². The van der Waals surface area contributed by atoms with E-state index in [1.54, 1.807) is 23.5 Å². The molecule has 1 saturated heterocycles. The Labute approximate surface area is 166 Å². The molecule has 1 aliphatic heterocycles. The number of nitrogens with one attached hydrogen (secondary N) is 1. The van der Waals surface area contributed by atoms with E-state index in [0.29, 0.717) is 6.61 Å². The zero-order valence-corrected chi connectivity index (χ0v) is 16.9. The van der Waals surface area contributed by atoms with Crippen LogP contribution in [0.15, 0.2) is 29.6 Å². The lowest BCUT2D eigenvalue weighted by Gasteiger charge is -2.13. The lowest BCUT2D eigenvalue weighted by atomic mass is 9.96. The normalized spacial score (nSPS) is 17.7. The molecule has 1 atom stereocenters.